The first-order valence-corrected chi connectivity index (χ1v) is 33.9. The Kier molecular flexibility index (Phi) is 12.3. The second kappa shape index (κ2) is 15.5. The van der Waals surface area contributed by atoms with Gasteiger partial charge in [-0.15, -0.1) is 0 Å². The fraction of sp³-hybridized carbons (Fsp3) is 0.250. The maximum atomic E-state index is 15.0. The van der Waals surface area contributed by atoms with Crippen molar-refractivity contribution >= 4 is 85.3 Å². The smallest absolute Gasteiger partial charge is 0.324 e. The zero-order chi connectivity index (χ0) is 38.1. The lowest BCUT2D eigenvalue weighted by Crippen LogP contribution is -2.46. The molecule has 0 saturated carbocycles. The third-order valence-corrected chi connectivity index (χ3v) is 32.2. The lowest BCUT2D eigenvalue weighted by Gasteiger charge is -2.39. The molecule has 0 aliphatic carbocycles. The van der Waals surface area contributed by atoms with Gasteiger partial charge in [-0.1, -0.05) is 121 Å². The monoisotopic (exact) mass is 856 g/mol. The Balaban J connectivity index is 1.66. The summed E-state index contributed by atoms with van der Waals surface area (Å²) in [6.45, 7) is 13.6. The van der Waals surface area contributed by atoms with Gasteiger partial charge in [-0.05, 0) is 73.1 Å². The minimum atomic E-state index is -5.32. The van der Waals surface area contributed by atoms with Gasteiger partial charge in [0.25, 0.3) is 0 Å². The van der Waals surface area contributed by atoms with E-state index in [4.69, 9.17) is 34.1 Å². The quantitative estimate of drug-likeness (QED) is 0.0992. The van der Waals surface area contributed by atoms with Crippen molar-refractivity contribution in [2.45, 2.75) is 52.4 Å². The van der Waals surface area contributed by atoms with Gasteiger partial charge in [-0.25, -0.2) is 18.3 Å². The maximum absolute atomic E-state index is 15.0. The molecule has 5 rings (SSSR count). The third kappa shape index (κ3) is 10.3. The number of phosphoric acid groups is 4. The molecule has 0 radical (unpaired) electrons. The van der Waals surface area contributed by atoms with Gasteiger partial charge in [-0.3, -0.25) is 0 Å². The zero-order valence-corrected chi connectivity index (χ0v) is 37.8. The average Bonchev–Trinajstić information content (AvgIpc) is 3.03. The van der Waals surface area contributed by atoms with Crippen LogP contribution in [-0.4, -0.2) is 33.3 Å². The molecule has 4 aromatic rings. The van der Waals surface area contributed by atoms with Crippen LogP contribution in [0.4, 0.5) is 0 Å². The lowest BCUT2D eigenvalue weighted by atomic mass is 10.4. The van der Waals surface area contributed by atoms with Gasteiger partial charge in [0.05, 0.1) is 0 Å². The van der Waals surface area contributed by atoms with Crippen molar-refractivity contribution in [1.29, 1.82) is 0 Å². The van der Waals surface area contributed by atoms with Gasteiger partial charge in [0, 0.05) is 0 Å². The Bertz CT molecular complexity index is 1720. The molecule has 1 saturated heterocycles. The molecule has 1 fully saturated rings. The van der Waals surface area contributed by atoms with Crippen LogP contribution in [0.25, 0.3) is 0 Å². The Morgan fingerprint density at radius 3 is 0.635 bits per heavy atom. The van der Waals surface area contributed by atoms with E-state index in [2.05, 4.69) is 0 Å². The molecule has 1 aliphatic heterocycles. The van der Waals surface area contributed by atoms with Crippen molar-refractivity contribution in [2.24, 2.45) is 0 Å². The summed E-state index contributed by atoms with van der Waals surface area (Å²) in [6.07, 6.45) is 0. The standard InChI is InChI=1S/C32H44O12P4Si4/c1-49(2,29-21-13-9-14-22-29)41-45(33)37-46(34,42-50(3,4)30-23-15-10-16-24-30)39-48(36,44-52(7,8)32-27-19-12-20-28-32)40-47(35,38-45)43-51(5,6)31-25-17-11-18-26-31/h9-28H,1-8H3. The molecule has 1 aliphatic rings. The van der Waals surface area contributed by atoms with Crippen molar-refractivity contribution in [2.75, 3.05) is 0 Å². The maximum Gasteiger partial charge on any atom is 0.483 e. The molecule has 0 N–H and O–H groups in total. The van der Waals surface area contributed by atoms with Crippen molar-refractivity contribution in [3.8, 4) is 0 Å². The second-order valence-electron chi connectivity index (χ2n) is 14.0. The predicted molar refractivity (Wildman–Crippen MR) is 213 cm³/mol. The summed E-state index contributed by atoms with van der Waals surface area (Å²) in [4.78, 5) is 0. The number of benzene rings is 4. The molecular weight excluding hydrogens is 813 g/mol. The average molecular weight is 857 g/mol. The highest BCUT2D eigenvalue weighted by atomic mass is 31.3. The van der Waals surface area contributed by atoms with Gasteiger partial charge in [0.15, 0.2) is 0 Å². The SMILES string of the molecule is C[Si](C)(OP1(=O)OP(=O)(O[Si](C)(C)c2ccccc2)OP(=O)(O[Si](C)(C)c2ccccc2)OP(=O)(O[Si](C)(C)c2ccccc2)O1)c1ccccc1. The van der Waals surface area contributed by atoms with Crippen LogP contribution in [0.2, 0.25) is 52.4 Å². The van der Waals surface area contributed by atoms with Crippen molar-refractivity contribution in [3.63, 3.8) is 0 Å². The molecule has 0 spiro atoms. The molecule has 280 valence electrons. The Hall–Kier alpha value is -1.65. The van der Waals surface area contributed by atoms with Crippen LogP contribution < -0.4 is 20.7 Å². The van der Waals surface area contributed by atoms with Gasteiger partial charge >= 0.3 is 31.3 Å². The van der Waals surface area contributed by atoms with E-state index < -0.39 is 64.6 Å². The summed E-state index contributed by atoms with van der Waals surface area (Å²) >= 11 is 0. The molecule has 0 aromatic heterocycles. The Morgan fingerprint density at radius 2 is 0.481 bits per heavy atom. The van der Waals surface area contributed by atoms with E-state index in [1.165, 1.54) is 0 Å². The van der Waals surface area contributed by atoms with Crippen molar-refractivity contribution in [1.82, 2.24) is 0 Å². The summed E-state index contributed by atoms with van der Waals surface area (Å²) < 4.78 is 108. The minimum Gasteiger partial charge on any atom is -0.324 e. The molecule has 1 heterocycles. The van der Waals surface area contributed by atoms with E-state index in [0.717, 1.165) is 0 Å². The topological polar surface area (TPSA) is 142 Å². The summed E-state index contributed by atoms with van der Waals surface area (Å²) in [7, 11) is -34.5. The number of hydrogen-bond acceptors (Lipinski definition) is 12. The molecule has 0 atom stereocenters. The normalized spacial score (nSPS) is 26.3. The summed E-state index contributed by atoms with van der Waals surface area (Å²) in [5, 5.41) is 2.59. The van der Waals surface area contributed by atoms with Crippen LogP contribution in [0.5, 0.6) is 0 Å². The Morgan fingerprint density at radius 1 is 0.327 bits per heavy atom. The molecule has 4 aromatic carbocycles. The first-order chi connectivity index (χ1) is 24.1. The van der Waals surface area contributed by atoms with Crippen LogP contribution in [-0.2, 0) is 52.4 Å². The van der Waals surface area contributed by atoms with Gasteiger partial charge in [0.2, 0.25) is 33.3 Å². The molecule has 52 heavy (non-hydrogen) atoms. The summed E-state index contributed by atoms with van der Waals surface area (Å²) in [6, 6.07) is 35.4. The van der Waals surface area contributed by atoms with E-state index in [-0.39, 0.29) is 0 Å². The molecule has 0 unspecified atom stereocenters. The first-order valence-electron chi connectivity index (χ1n) is 16.4. The predicted octanol–water partition coefficient (Wildman–Crippen LogP) is 9.01. The zero-order valence-electron chi connectivity index (χ0n) is 30.2. The highest BCUT2D eigenvalue weighted by molar-refractivity contribution is 7.77. The molecule has 0 bridgehead atoms. The van der Waals surface area contributed by atoms with Crippen LogP contribution >= 0.6 is 31.3 Å². The van der Waals surface area contributed by atoms with Gasteiger partial charge < -0.3 is 16.9 Å². The van der Waals surface area contributed by atoms with Crippen molar-refractivity contribution in [3.05, 3.63) is 121 Å². The van der Waals surface area contributed by atoms with Gasteiger partial charge in [0.1, 0.15) is 0 Å². The molecule has 0 amide bonds. The lowest BCUT2D eigenvalue weighted by molar-refractivity contribution is 0.174. The fourth-order valence-electron chi connectivity index (χ4n) is 5.37. The van der Waals surface area contributed by atoms with Crippen LogP contribution in [0.1, 0.15) is 0 Å². The van der Waals surface area contributed by atoms with E-state index in [9.17, 15) is 0 Å². The van der Waals surface area contributed by atoms with Crippen LogP contribution in [0.3, 0.4) is 0 Å². The van der Waals surface area contributed by atoms with E-state index >= 15 is 18.3 Å². The largest absolute Gasteiger partial charge is 0.483 e. The number of hydrogen-bond donors (Lipinski definition) is 0. The minimum absolute atomic E-state index is 0.649. The number of rotatable bonds is 12. The van der Waals surface area contributed by atoms with E-state index in [0.29, 0.717) is 20.7 Å². The second-order valence-corrected chi connectivity index (χ2v) is 37.5. The highest BCUT2D eigenvalue weighted by Gasteiger charge is 2.62. The molecule has 20 heteroatoms. The first kappa shape index (κ1) is 41.5. The van der Waals surface area contributed by atoms with Crippen LogP contribution in [0, 0.1) is 0 Å². The van der Waals surface area contributed by atoms with E-state index in [1.807, 2.05) is 0 Å². The molecular formula is C32H44O12P4Si4. The summed E-state index contributed by atoms with van der Waals surface area (Å²) in [5.74, 6) is 0. The fourth-order valence-corrected chi connectivity index (χ4v) is 28.9. The highest BCUT2D eigenvalue weighted by Crippen LogP contribution is 2.84. The van der Waals surface area contributed by atoms with E-state index in [1.54, 1.807) is 174 Å². The Labute approximate surface area is 310 Å². The molecule has 12 nitrogen and oxygen atoms in total. The summed E-state index contributed by atoms with van der Waals surface area (Å²) in [5.41, 5.74) is 0. The van der Waals surface area contributed by atoms with Crippen LogP contribution in [0.15, 0.2) is 121 Å². The van der Waals surface area contributed by atoms with Crippen molar-refractivity contribution < 1.29 is 52.4 Å². The third-order valence-electron chi connectivity index (χ3n) is 8.04. The van der Waals surface area contributed by atoms with Gasteiger partial charge in [-0.2, -0.15) is 17.2 Å².